The molecule has 0 radical (unpaired) electrons. The number of amides is 1. The van der Waals surface area contributed by atoms with Gasteiger partial charge in [-0.25, -0.2) is 4.68 Å². The molecule has 1 atom stereocenters. The van der Waals surface area contributed by atoms with Gasteiger partial charge in [0, 0.05) is 11.4 Å². The first-order chi connectivity index (χ1) is 16.3. The van der Waals surface area contributed by atoms with Crippen LogP contribution in [0.15, 0.2) is 52.8 Å². The quantitative estimate of drug-likeness (QED) is 0.408. The number of rotatable bonds is 7. The van der Waals surface area contributed by atoms with Crippen LogP contribution in [0.25, 0.3) is 0 Å². The zero-order chi connectivity index (χ0) is 24.4. The number of benzene rings is 2. The third kappa shape index (κ3) is 4.48. The number of allylic oxidation sites excluding steroid dienone is 1. The standard InChI is InChI=1S/C25H29N5O3S/c1-6-33-20-13-17(11-12-19(20)31)22-21(23(32)27-18-10-8-9-14(3)15(18)4)16(5)26-24-28-25(34-7-2)29-30(22)24/h8-13,22,31H,6-7H2,1-5H3,(H,27,32)(H,26,28,29). The lowest BCUT2D eigenvalue weighted by atomic mass is 9.94. The summed E-state index contributed by atoms with van der Waals surface area (Å²) >= 11 is 1.53. The van der Waals surface area contributed by atoms with Crippen molar-refractivity contribution in [2.24, 2.45) is 0 Å². The maximum absolute atomic E-state index is 13.7. The van der Waals surface area contributed by atoms with Gasteiger partial charge in [0.05, 0.1) is 12.2 Å². The molecule has 178 valence electrons. The van der Waals surface area contributed by atoms with E-state index in [4.69, 9.17) is 9.84 Å². The molecule has 2 heterocycles. The van der Waals surface area contributed by atoms with Gasteiger partial charge in [-0.15, -0.1) is 5.10 Å². The first-order valence-electron chi connectivity index (χ1n) is 11.2. The lowest BCUT2D eigenvalue weighted by Crippen LogP contribution is -2.31. The maximum Gasteiger partial charge on any atom is 0.255 e. The van der Waals surface area contributed by atoms with Gasteiger partial charge in [-0.2, -0.15) is 4.98 Å². The van der Waals surface area contributed by atoms with Crippen molar-refractivity contribution < 1.29 is 14.6 Å². The largest absolute Gasteiger partial charge is 0.504 e. The molecule has 4 rings (SSSR count). The highest BCUT2D eigenvalue weighted by Crippen LogP contribution is 2.39. The fourth-order valence-corrected chi connectivity index (χ4v) is 4.53. The summed E-state index contributed by atoms with van der Waals surface area (Å²) in [4.78, 5) is 18.3. The van der Waals surface area contributed by atoms with Crippen LogP contribution in [0.4, 0.5) is 11.6 Å². The number of aromatic hydroxyl groups is 1. The minimum atomic E-state index is -0.556. The number of phenolic OH excluding ortho intramolecular Hbond substituents is 1. The Labute approximate surface area is 203 Å². The number of phenols is 1. The fourth-order valence-electron chi connectivity index (χ4n) is 3.97. The molecule has 1 amide bonds. The predicted molar refractivity (Wildman–Crippen MR) is 135 cm³/mol. The number of ether oxygens (including phenoxy) is 1. The molecule has 3 N–H and O–H groups in total. The first-order valence-corrected chi connectivity index (χ1v) is 12.2. The predicted octanol–water partition coefficient (Wildman–Crippen LogP) is 5.04. The van der Waals surface area contributed by atoms with Crippen LogP contribution >= 0.6 is 11.8 Å². The molecule has 8 nitrogen and oxygen atoms in total. The van der Waals surface area contributed by atoms with Crippen molar-refractivity contribution in [1.29, 1.82) is 0 Å². The van der Waals surface area contributed by atoms with Crippen molar-refractivity contribution in [3.05, 3.63) is 64.4 Å². The van der Waals surface area contributed by atoms with Crippen molar-refractivity contribution in [2.75, 3.05) is 23.0 Å². The summed E-state index contributed by atoms with van der Waals surface area (Å²) in [5.74, 6) is 1.56. The molecular weight excluding hydrogens is 450 g/mol. The average molecular weight is 480 g/mol. The fraction of sp³-hybridized carbons (Fsp3) is 0.320. The molecule has 0 fully saturated rings. The molecule has 0 bridgehead atoms. The van der Waals surface area contributed by atoms with Crippen LogP contribution in [0.5, 0.6) is 11.5 Å². The number of nitrogens with one attached hydrogen (secondary N) is 2. The van der Waals surface area contributed by atoms with E-state index in [9.17, 15) is 9.90 Å². The Morgan fingerprint density at radius 3 is 2.76 bits per heavy atom. The van der Waals surface area contributed by atoms with E-state index in [0.29, 0.717) is 34.7 Å². The number of aryl methyl sites for hydroxylation is 1. The Morgan fingerprint density at radius 2 is 2.03 bits per heavy atom. The molecule has 1 aliphatic rings. The molecule has 9 heteroatoms. The molecule has 1 unspecified atom stereocenters. The van der Waals surface area contributed by atoms with Gasteiger partial charge in [-0.05, 0) is 68.3 Å². The minimum absolute atomic E-state index is 0.0441. The van der Waals surface area contributed by atoms with E-state index in [1.807, 2.05) is 52.8 Å². The van der Waals surface area contributed by atoms with E-state index in [1.54, 1.807) is 22.9 Å². The zero-order valence-corrected chi connectivity index (χ0v) is 20.8. The number of carbonyl (C=O) groups is 1. The Bertz CT molecular complexity index is 1270. The monoisotopic (exact) mass is 479 g/mol. The van der Waals surface area contributed by atoms with Gasteiger partial charge in [0.15, 0.2) is 11.5 Å². The highest BCUT2D eigenvalue weighted by Gasteiger charge is 2.35. The Morgan fingerprint density at radius 1 is 1.24 bits per heavy atom. The van der Waals surface area contributed by atoms with E-state index < -0.39 is 6.04 Å². The van der Waals surface area contributed by atoms with Crippen molar-refractivity contribution in [1.82, 2.24) is 14.8 Å². The van der Waals surface area contributed by atoms with Gasteiger partial charge in [0.2, 0.25) is 11.1 Å². The van der Waals surface area contributed by atoms with Crippen molar-refractivity contribution >= 4 is 29.3 Å². The molecule has 0 aliphatic carbocycles. The summed E-state index contributed by atoms with van der Waals surface area (Å²) in [5, 5.41) is 21.9. The molecular formula is C25H29N5O3S. The van der Waals surface area contributed by atoms with Crippen molar-refractivity contribution in [2.45, 2.75) is 45.8 Å². The molecule has 1 aromatic heterocycles. The van der Waals surface area contributed by atoms with Crippen LogP contribution in [-0.4, -0.2) is 38.1 Å². The molecule has 0 saturated heterocycles. The number of aromatic nitrogens is 3. The highest BCUT2D eigenvalue weighted by atomic mass is 32.2. The van der Waals surface area contributed by atoms with Gasteiger partial charge < -0.3 is 20.5 Å². The number of anilines is 2. The molecule has 2 aromatic carbocycles. The molecule has 3 aromatic rings. The molecule has 0 spiro atoms. The second kappa shape index (κ2) is 9.80. The van der Waals surface area contributed by atoms with Crippen LogP contribution < -0.4 is 15.4 Å². The maximum atomic E-state index is 13.7. The summed E-state index contributed by atoms with van der Waals surface area (Å²) in [6, 6.07) is 10.4. The van der Waals surface area contributed by atoms with E-state index in [-0.39, 0.29) is 11.7 Å². The topological polar surface area (TPSA) is 101 Å². The number of nitrogens with zero attached hydrogens (tertiary/aromatic N) is 3. The first kappa shape index (κ1) is 23.7. The summed E-state index contributed by atoms with van der Waals surface area (Å²) < 4.78 is 7.34. The number of carbonyl (C=O) groups excluding carboxylic acids is 1. The molecule has 0 saturated carbocycles. The zero-order valence-electron chi connectivity index (χ0n) is 20.0. The van der Waals surface area contributed by atoms with Gasteiger partial charge >= 0.3 is 0 Å². The minimum Gasteiger partial charge on any atom is -0.504 e. The highest BCUT2D eigenvalue weighted by molar-refractivity contribution is 7.99. The van der Waals surface area contributed by atoms with Crippen LogP contribution in [0.1, 0.15) is 43.5 Å². The summed E-state index contributed by atoms with van der Waals surface area (Å²) in [7, 11) is 0. The second-order valence-corrected chi connectivity index (χ2v) is 9.25. The summed E-state index contributed by atoms with van der Waals surface area (Å²) in [6.45, 7) is 10.2. The normalized spacial score (nSPS) is 15.0. The lowest BCUT2D eigenvalue weighted by Gasteiger charge is -2.29. The smallest absolute Gasteiger partial charge is 0.255 e. The van der Waals surface area contributed by atoms with Crippen LogP contribution in [0.3, 0.4) is 0 Å². The Balaban J connectivity index is 1.82. The number of hydrogen-bond acceptors (Lipinski definition) is 7. The molecule has 34 heavy (non-hydrogen) atoms. The second-order valence-electron chi connectivity index (χ2n) is 8.02. The Hall–Kier alpha value is -3.46. The van der Waals surface area contributed by atoms with Crippen molar-refractivity contribution in [3.63, 3.8) is 0 Å². The SMILES string of the molecule is CCOc1cc(C2C(C(=O)Nc3cccc(C)c3C)=C(C)Nc3nc(SCC)nn32)ccc1O. The average Bonchev–Trinajstić information content (AvgIpc) is 3.19. The van der Waals surface area contributed by atoms with E-state index >= 15 is 0 Å². The van der Waals surface area contributed by atoms with Crippen LogP contribution in [0.2, 0.25) is 0 Å². The van der Waals surface area contributed by atoms with Crippen molar-refractivity contribution in [3.8, 4) is 11.5 Å². The Kier molecular flexibility index (Phi) is 6.83. The van der Waals surface area contributed by atoms with Gasteiger partial charge in [0.25, 0.3) is 5.91 Å². The van der Waals surface area contributed by atoms with E-state index in [0.717, 1.165) is 28.1 Å². The number of thioether (sulfide) groups is 1. The number of fused-ring (bicyclic) bond motifs is 1. The van der Waals surface area contributed by atoms with Gasteiger partial charge in [0.1, 0.15) is 6.04 Å². The van der Waals surface area contributed by atoms with Gasteiger partial charge in [-0.3, -0.25) is 4.79 Å². The lowest BCUT2D eigenvalue weighted by molar-refractivity contribution is -0.113. The van der Waals surface area contributed by atoms with E-state index in [2.05, 4.69) is 15.6 Å². The third-order valence-corrected chi connectivity index (χ3v) is 6.52. The summed E-state index contributed by atoms with van der Waals surface area (Å²) in [6.07, 6.45) is 0. The van der Waals surface area contributed by atoms with Crippen LogP contribution in [-0.2, 0) is 4.79 Å². The van der Waals surface area contributed by atoms with E-state index in [1.165, 1.54) is 11.8 Å². The molecule has 1 aliphatic heterocycles. The number of hydrogen-bond donors (Lipinski definition) is 3. The van der Waals surface area contributed by atoms with Crippen LogP contribution in [0, 0.1) is 13.8 Å². The third-order valence-electron chi connectivity index (χ3n) is 5.80. The van der Waals surface area contributed by atoms with Gasteiger partial charge in [-0.1, -0.05) is 36.9 Å². The summed E-state index contributed by atoms with van der Waals surface area (Å²) in [5.41, 5.74) is 4.83.